The molecule has 130 valence electrons. The lowest BCUT2D eigenvalue weighted by Gasteiger charge is -2.21. The SMILES string of the molecule is CCN(C(=O)CCn1c(=O)oc2ccccc21)c1ccc(F)c(F)c1. The van der Waals surface area contributed by atoms with Gasteiger partial charge >= 0.3 is 5.76 Å². The molecule has 0 radical (unpaired) electrons. The number of aromatic nitrogens is 1. The van der Waals surface area contributed by atoms with E-state index in [-0.39, 0.29) is 24.6 Å². The zero-order chi connectivity index (χ0) is 18.0. The van der Waals surface area contributed by atoms with Gasteiger partial charge in [-0.05, 0) is 31.2 Å². The highest BCUT2D eigenvalue weighted by Crippen LogP contribution is 2.19. The molecule has 0 fully saturated rings. The fourth-order valence-corrected chi connectivity index (χ4v) is 2.72. The first kappa shape index (κ1) is 16.9. The van der Waals surface area contributed by atoms with Crippen molar-refractivity contribution in [2.45, 2.75) is 19.9 Å². The molecule has 0 atom stereocenters. The van der Waals surface area contributed by atoms with Gasteiger partial charge in [0.25, 0.3) is 0 Å². The molecule has 0 saturated heterocycles. The summed E-state index contributed by atoms with van der Waals surface area (Å²) in [7, 11) is 0. The Hall–Kier alpha value is -2.96. The zero-order valence-electron chi connectivity index (χ0n) is 13.5. The molecule has 1 aromatic heterocycles. The third kappa shape index (κ3) is 3.31. The Labute approximate surface area is 142 Å². The fourth-order valence-electron chi connectivity index (χ4n) is 2.72. The summed E-state index contributed by atoms with van der Waals surface area (Å²) >= 11 is 0. The second-order valence-electron chi connectivity index (χ2n) is 5.47. The van der Waals surface area contributed by atoms with Crippen LogP contribution < -0.4 is 10.7 Å². The van der Waals surface area contributed by atoms with Crippen LogP contribution in [0.5, 0.6) is 0 Å². The number of para-hydroxylation sites is 2. The van der Waals surface area contributed by atoms with Gasteiger partial charge < -0.3 is 9.32 Å². The Morgan fingerprint density at radius 2 is 1.92 bits per heavy atom. The van der Waals surface area contributed by atoms with Crippen LogP contribution in [0, 0.1) is 11.6 Å². The standard InChI is InChI=1S/C18H16F2N2O3/c1-2-21(12-7-8-13(19)14(20)11-12)17(23)9-10-22-15-5-3-4-6-16(15)25-18(22)24/h3-8,11H,2,9-10H2,1H3. The van der Waals surface area contributed by atoms with E-state index in [1.807, 2.05) is 0 Å². The number of carbonyl (C=O) groups is 1. The number of fused-ring (bicyclic) bond motifs is 1. The van der Waals surface area contributed by atoms with Gasteiger partial charge in [0.1, 0.15) is 0 Å². The maximum absolute atomic E-state index is 13.4. The summed E-state index contributed by atoms with van der Waals surface area (Å²) < 4.78 is 33.0. The first-order valence-electron chi connectivity index (χ1n) is 7.85. The molecule has 1 amide bonds. The van der Waals surface area contributed by atoms with Crippen molar-refractivity contribution < 1.29 is 18.0 Å². The molecule has 0 aliphatic carbocycles. The van der Waals surface area contributed by atoms with Crippen LogP contribution in [0.15, 0.2) is 51.7 Å². The number of nitrogens with zero attached hydrogens (tertiary/aromatic N) is 2. The van der Waals surface area contributed by atoms with Gasteiger partial charge in [-0.2, -0.15) is 0 Å². The third-order valence-electron chi connectivity index (χ3n) is 3.96. The average Bonchev–Trinajstić information content (AvgIpc) is 2.92. The highest BCUT2D eigenvalue weighted by molar-refractivity contribution is 5.93. The molecule has 0 saturated carbocycles. The molecule has 7 heteroatoms. The number of hydrogen-bond acceptors (Lipinski definition) is 3. The van der Waals surface area contributed by atoms with Gasteiger partial charge in [0.05, 0.1) is 5.52 Å². The van der Waals surface area contributed by atoms with Crippen LogP contribution in [-0.2, 0) is 11.3 Å². The quantitative estimate of drug-likeness (QED) is 0.712. The van der Waals surface area contributed by atoms with E-state index in [0.717, 1.165) is 12.1 Å². The predicted octanol–water partition coefficient (Wildman–Crippen LogP) is 3.32. The summed E-state index contributed by atoms with van der Waals surface area (Å²) in [5, 5.41) is 0. The summed E-state index contributed by atoms with van der Waals surface area (Å²) in [6, 6.07) is 10.2. The minimum atomic E-state index is -1.01. The predicted molar refractivity (Wildman–Crippen MR) is 89.5 cm³/mol. The molecule has 0 unspecified atom stereocenters. The van der Waals surface area contributed by atoms with Crippen molar-refractivity contribution in [2.24, 2.45) is 0 Å². The van der Waals surface area contributed by atoms with E-state index in [4.69, 9.17) is 4.42 Å². The molecule has 5 nitrogen and oxygen atoms in total. The lowest BCUT2D eigenvalue weighted by atomic mass is 10.2. The number of rotatable bonds is 5. The van der Waals surface area contributed by atoms with E-state index in [9.17, 15) is 18.4 Å². The van der Waals surface area contributed by atoms with Crippen molar-refractivity contribution in [3.05, 3.63) is 64.6 Å². The van der Waals surface area contributed by atoms with Crippen LogP contribution in [0.1, 0.15) is 13.3 Å². The van der Waals surface area contributed by atoms with Crippen LogP contribution in [0.2, 0.25) is 0 Å². The van der Waals surface area contributed by atoms with E-state index in [2.05, 4.69) is 0 Å². The molecule has 25 heavy (non-hydrogen) atoms. The molecule has 2 aromatic carbocycles. The van der Waals surface area contributed by atoms with Crippen LogP contribution in [0.3, 0.4) is 0 Å². The van der Waals surface area contributed by atoms with Crippen LogP contribution in [0.4, 0.5) is 14.5 Å². The lowest BCUT2D eigenvalue weighted by molar-refractivity contribution is -0.118. The topological polar surface area (TPSA) is 55.5 Å². The maximum atomic E-state index is 13.4. The minimum Gasteiger partial charge on any atom is -0.408 e. The van der Waals surface area contributed by atoms with Gasteiger partial charge in [-0.3, -0.25) is 9.36 Å². The number of oxazole rings is 1. The van der Waals surface area contributed by atoms with Gasteiger partial charge in [-0.1, -0.05) is 12.1 Å². The number of hydrogen-bond donors (Lipinski definition) is 0. The van der Waals surface area contributed by atoms with Crippen LogP contribution in [-0.4, -0.2) is 17.0 Å². The van der Waals surface area contributed by atoms with Crippen LogP contribution >= 0.6 is 0 Å². The Morgan fingerprint density at radius 1 is 1.16 bits per heavy atom. The fraction of sp³-hybridized carbons (Fsp3) is 0.222. The van der Waals surface area contributed by atoms with Gasteiger partial charge in [-0.15, -0.1) is 0 Å². The number of aryl methyl sites for hydroxylation is 1. The summed E-state index contributed by atoms with van der Waals surface area (Å²) in [5.74, 6) is -2.82. The number of anilines is 1. The molecule has 3 rings (SSSR count). The first-order valence-corrected chi connectivity index (χ1v) is 7.85. The van der Waals surface area contributed by atoms with Crippen molar-refractivity contribution in [1.29, 1.82) is 0 Å². The zero-order valence-corrected chi connectivity index (χ0v) is 13.5. The van der Waals surface area contributed by atoms with E-state index in [0.29, 0.717) is 17.6 Å². The normalized spacial score (nSPS) is 11.0. The van der Waals surface area contributed by atoms with Gasteiger partial charge in [0.15, 0.2) is 17.2 Å². The van der Waals surface area contributed by atoms with Gasteiger partial charge in [-0.25, -0.2) is 13.6 Å². The summed E-state index contributed by atoms with van der Waals surface area (Å²) in [4.78, 5) is 25.7. The molecule has 0 bridgehead atoms. The number of benzene rings is 2. The molecule has 0 spiro atoms. The monoisotopic (exact) mass is 346 g/mol. The van der Waals surface area contributed by atoms with Crippen molar-refractivity contribution in [2.75, 3.05) is 11.4 Å². The molecule has 0 aliphatic heterocycles. The van der Waals surface area contributed by atoms with E-state index >= 15 is 0 Å². The van der Waals surface area contributed by atoms with E-state index in [1.165, 1.54) is 15.5 Å². The second kappa shape index (κ2) is 6.88. The first-order chi connectivity index (χ1) is 12.0. The maximum Gasteiger partial charge on any atom is 0.419 e. The van der Waals surface area contributed by atoms with E-state index < -0.39 is 17.4 Å². The Bertz CT molecular complexity index is 978. The van der Waals surface area contributed by atoms with Crippen molar-refractivity contribution in [3.63, 3.8) is 0 Å². The molecular formula is C18H16F2N2O3. The highest BCUT2D eigenvalue weighted by atomic mass is 19.2. The summed E-state index contributed by atoms with van der Waals surface area (Å²) in [6.07, 6.45) is 0.0241. The molecule has 3 aromatic rings. The smallest absolute Gasteiger partial charge is 0.408 e. The Balaban J connectivity index is 1.79. The van der Waals surface area contributed by atoms with Gasteiger partial charge in [0.2, 0.25) is 5.91 Å². The minimum absolute atomic E-state index is 0.0241. The molecule has 1 heterocycles. The number of amides is 1. The average molecular weight is 346 g/mol. The number of halogens is 2. The van der Waals surface area contributed by atoms with Crippen molar-refractivity contribution >= 4 is 22.7 Å². The van der Waals surface area contributed by atoms with E-state index in [1.54, 1.807) is 31.2 Å². The largest absolute Gasteiger partial charge is 0.419 e. The summed E-state index contributed by atoms with van der Waals surface area (Å²) in [5.41, 5.74) is 1.33. The second-order valence-corrected chi connectivity index (χ2v) is 5.47. The Morgan fingerprint density at radius 3 is 2.64 bits per heavy atom. The molecule has 0 aliphatic rings. The highest BCUT2D eigenvalue weighted by Gasteiger charge is 2.17. The lowest BCUT2D eigenvalue weighted by Crippen LogP contribution is -2.32. The van der Waals surface area contributed by atoms with Crippen molar-refractivity contribution in [1.82, 2.24) is 4.57 Å². The summed E-state index contributed by atoms with van der Waals surface area (Å²) in [6.45, 7) is 2.17. The van der Waals surface area contributed by atoms with Gasteiger partial charge in [0, 0.05) is 31.3 Å². The third-order valence-corrected chi connectivity index (χ3v) is 3.96. The molecular weight excluding hydrogens is 330 g/mol. The molecule has 0 N–H and O–H groups in total. The Kier molecular flexibility index (Phi) is 4.65. The van der Waals surface area contributed by atoms with Crippen molar-refractivity contribution in [3.8, 4) is 0 Å². The number of carbonyl (C=O) groups excluding carboxylic acids is 1. The van der Waals surface area contributed by atoms with Crippen LogP contribution in [0.25, 0.3) is 11.1 Å².